The van der Waals surface area contributed by atoms with Gasteiger partial charge < -0.3 is 24.1 Å². The van der Waals surface area contributed by atoms with E-state index in [4.69, 9.17) is 18.9 Å². The molecule has 31 heavy (non-hydrogen) atoms. The Labute approximate surface area is 183 Å². The Bertz CT molecular complexity index is 794. The topological polar surface area (TPSA) is 108 Å². The van der Waals surface area contributed by atoms with E-state index < -0.39 is 70.8 Å². The Morgan fingerprint density at radius 1 is 1.16 bits per heavy atom. The molecule has 0 bridgehead atoms. The molecule has 174 valence electrons. The van der Waals surface area contributed by atoms with Gasteiger partial charge in [0.05, 0.1) is 28.6 Å². The summed E-state index contributed by atoms with van der Waals surface area (Å²) in [4.78, 5) is 36.6. The van der Waals surface area contributed by atoms with E-state index in [1.54, 1.807) is 6.92 Å². The molecule has 1 heterocycles. The first-order valence-corrected chi connectivity index (χ1v) is 10.7. The minimum atomic E-state index is -1.24. The number of hydrogen-bond acceptors (Lipinski definition) is 8. The molecule has 1 aliphatic heterocycles. The molecule has 0 aromatic carbocycles. The summed E-state index contributed by atoms with van der Waals surface area (Å²) in [6.45, 7) is 15.7. The number of carbonyl (C=O) groups is 3. The molecule has 0 amide bonds. The van der Waals surface area contributed by atoms with Crippen LogP contribution >= 0.6 is 0 Å². The van der Waals surface area contributed by atoms with Crippen molar-refractivity contribution in [1.29, 1.82) is 0 Å². The molecular formula is C23H34O8. The molecule has 2 saturated carbocycles. The van der Waals surface area contributed by atoms with E-state index in [-0.39, 0.29) is 5.57 Å². The maximum Gasteiger partial charge on any atom is 0.334 e. The van der Waals surface area contributed by atoms with Gasteiger partial charge in [-0.1, -0.05) is 13.5 Å². The second-order valence-corrected chi connectivity index (χ2v) is 10.5. The first kappa shape index (κ1) is 23.7. The standard InChI is InChI=1S/C23H34O8/c1-11-15-16(31-21(4,5)6)18-22(7,27)10-9-14(28-12(2)24)23(18,8)19(29-13(3)25)17(15)30-20(11)26/h14-19,27H,1,9-10H2,2-8H3/t14-,15+,16-,17+,18+,19+,22-,23+/m1/s1. The first-order valence-electron chi connectivity index (χ1n) is 10.7. The molecule has 1 N–H and O–H groups in total. The largest absolute Gasteiger partial charge is 0.462 e. The molecular weight excluding hydrogens is 404 g/mol. The monoisotopic (exact) mass is 438 g/mol. The van der Waals surface area contributed by atoms with Gasteiger partial charge in [0.15, 0.2) is 0 Å². The fourth-order valence-corrected chi connectivity index (χ4v) is 5.94. The van der Waals surface area contributed by atoms with Crippen LogP contribution in [0.25, 0.3) is 0 Å². The third-order valence-corrected chi connectivity index (χ3v) is 6.89. The summed E-state index contributed by atoms with van der Waals surface area (Å²) >= 11 is 0. The molecule has 8 heteroatoms. The van der Waals surface area contributed by atoms with Gasteiger partial charge in [-0.25, -0.2) is 4.79 Å². The Hall–Kier alpha value is -1.93. The molecule has 0 spiro atoms. The van der Waals surface area contributed by atoms with Gasteiger partial charge in [0.1, 0.15) is 18.3 Å². The van der Waals surface area contributed by atoms with E-state index in [2.05, 4.69) is 6.58 Å². The van der Waals surface area contributed by atoms with Crippen LogP contribution in [-0.2, 0) is 33.3 Å². The number of rotatable bonds is 3. The van der Waals surface area contributed by atoms with Crippen LogP contribution in [0.3, 0.4) is 0 Å². The number of hydrogen-bond donors (Lipinski definition) is 1. The lowest BCUT2D eigenvalue weighted by Crippen LogP contribution is -2.72. The van der Waals surface area contributed by atoms with E-state index in [0.717, 1.165) is 0 Å². The predicted octanol–water partition coefficient (Wildman–Crippen LogP) is 2.31. The quantitative estimate of drug-likeness (QED) is 0.406. The molecule has 0 radical (unpaired) electrons. The van der Waals surface area contributed by atoms with Crippen molar-refractivity contribution >= 4 is 17.9 Å². The lowest BCUT2D eigenvalue weighted by molar-refractivity contribution is -0.294. The summed E-state index contributed by atoms with van der Waals surface area (Å²) < 4.78 is 23.5. The zero-order valence-electron chi connectivity index (χ0n) is 19.4. The van der Waals surface area contributed by atoms with Gasteiger partial charge in [0.25, 0.3) is 0 Å². The Morgan fingerprint density at radius 3 is 2.26 bits per heavy atom. The van der Waals surface area contributed by atoms with Crippen LogP contribution in [0.4, 0.5) is 0 Å². The summed E-state index contributed by atoms with van der Waals surface area (Å²) in [5, 5.41) is 11.6. The predicted molar refractivity (Wildman–Crippen MR) is 110 cm³/mol. The molecule has 3 rings (SSSR count). The molecule has 0 aromatic rings. The highest BCUT2D eigenvalue weighted by molar-refractivity contribution is 5.91. The van der Waals surface area contributed by atoms with Gasteiger partial charge in [-0.15, -0.1) is 0 Å². The molecule has 0 aromatic heterocycles. The summed E-state index contributed by atoms with van der Waals surface area (Å²) in [5.74, 6) is -2.86. The molecule has 3 aliphatic rings. The van der Waals surface area contributed by atoms with Crippen LogP contribution in [0, 0.1) is 17.3 Å². The van der Waals surface area contributed by atoms with Gasteiger partial charge >= 0.3 is 17.9 Å². The molecule has 8 nitrogen and oxygen atoms in total. The average Bonchev–Trinajstić information content (AvgIpc) is 2.87. The van der Waals surface area contributed by atoms with Crippen LogP contribution in [0.5, 0.6) is 0 Å². The number of fused-ring (bicyclic) bond motifs is 2. The number of ether oxygens (including phenoxy) is 4. The third-order valence-electron chi connectivity index (χ3n) is 6.89. The van der Waals surface area contributed by atoms with Gasteiger partial charge in [-0.2, -0.15) is 0 Å². The van der Waals surface area contributed by atoms with Crippen molar-refractivity contribution in [3.05, 3.63) is 12.2 Å². The number of carbonyl (C=O) groups excluding carboxylic acids is 3. The van der Waals surface area contributed by atoms with Crippen LogP contribution in [-0.4, -0.2) is 58.6 Å². The zero-order chi connectivity index (χ0) is 23.5. The van der Waals surface area contributed by atoms with E-state index in [0.29, 0.717) is 12.8 Å². The SMILES string of the molecule is C=C1C(=O)O[C@H]2[C@@H]1[C@@H](OC(C)(C)C)[C@@H]1[C@](C)([C@H](OC(C)=O)CC[C@@]1(C)O)[C@H]2OC(C)=O. The van der Waals surface area contributed by atoms with Gasteiger partial charge in [0, 0.05) is 25.3 Å². The van der Waals surface area contributed by atoms with Crippen LogP contribution in [0.2, 0.25) is 0 Å². The second kappa shape index (κ2) is 7.59. The second-order valence-electron chi connectivity index (χ2n) is 10.5. The van der Waals surface area contributed by atoms with Crippen molar-refractivity contribution in [2.45, 2.75) is 96.9 Å². The summed E-state index contributed by atoms with van der Waals surface area (Å²) in [6.07, 6.45) is -2.43. The maximum atomic E-state index is 12.5. The lowest BCUT2D eigenvalue weighted by Gasteiger charge is -2.62. The van der Waals surface area contributed by atoms with Gasteiger partial charge in [0.2, 0.25) is 0 Å². The summed E-state index contributed by atoms with van der Waals surface area (Å²) in [5.41, 5.74) is -2.69. The fraction of sp³-hybridized carbons (Fsp3) is 0.783. The van der Waals surface area contributed by atoms with Gasteiger partial charge in [-0.3, -0.25) is 9.59 Å². The van der Waals surface area contributed by atoms with Crippen LogP contribution in [0.1, 0.15) is 61.3 Å². The van der Waals surface area contributed by atoms with E-state index in [1.165, 1.54) is 13.8 Å². The van der Waals surface area contributed by atoms with Crippen LogP contribution in [0.15, 0.2) is 12.2 Å². The minimum absolute atomic E-state index is 0.226. The maximum absolute atomic E-state index is 12.5. The lowest BCUT2D eigenvalue weighted by atomic mass is 9.49. The van der Waals surface area contributed by atoms with Crippen molar-refractivity contribution in [3.63, 3.8) is 0 Å². The Morgan fingerprint density at radius 2 is 1.74 bits per heavy atom. The third kappa shape index (κ3) is 4.00. The Balaban J connectivity index is 2.24. The fourth-order valence-electron chi connectivity index (χ4n) is 5.94. The summed E-state index contributed by atoms with van der Waals surface area (Å²) in [7, 11) is 0. The van der Waals surface area contributed by atoms with E-state index in [1.807, 2.05) is 27.7 Å². The van der Waals surface area contributed by atoms with Crippen molar-refractivity contribution in [2.75, 3.05) is 0 Å². The van der Waals surface area contributed by atoms with Crippen molar-refractivity contribution in [1.82, 2.24) is 0 Å². The van der Waals surface area contributed by atoms with Gasteiger partial charge in [-0.05, 0) is 40.5 Å². The average molecular weight is 439 g/mol. The molecule has 1 saturated heterocycles. The van der Waals surface area contributed by atoms with Crippen molar-refractivity contribution < 1.29 is 38.4 Å². The van der Waals surface area contributed by atoms with Crippen molar-refractivity contribution in [3.8, 4) is 0 Å². The summed E-state index contributed by atoms with van der Waals surface area (Å²) in [6, 6.07) is 0. The normalized spacial score (nSPS) is 42.3. The zero-order valence-corrected chi connectivity index (χ0v) is 19.4. The minimum Gasteiger partial charge on any atom is -0.462 e. The highest BCUT2D eigenvalue weighted by Crippen LogP contribution is 2.61. The molecule has 8 atom stereocenters. The smallest absolute Gasteiger partial charge is 0.334 e. The van der Waals surface area contributed by atoms with Crippen LogP contribution < -0.4 is 0 Å². The molecule has 2 aliphatic carbocycles. The number of esters is 3. The Kier molecular flexibility index (Phi) is 5.81. The highest BCUT2D eigenvalue weighted by atomic mass is 16.6. The molecule has 0 unspecified atom stereocenters. The molecule has 3 fully saturated rings. The van der Waals surface area contributed by atoms with Crippen molar-refractivity contribution in [2.24, 2.45) is 17.3 Å². The first-order chi connectivity index (χ1) is 14.1. The highest BCUT2D eigenvalue weighted by Gasteiger charge is 2.72. The van der Waals surface area contributed by atoms with E-state index in [9.17, 15) is 19.5 Å². The van der Waals surface area contributed by atoms with E-state index >= 15 is 0 Å². The number of aliphatic hydroxyl groups is 1.